The van der Waals surface area contributed by atoms with Gasteiger partial charge in [-0.3, -0.25) is 14.7 Å². The van der Waals surface area contributed by atoms with Crippen LogP contribution in [0.4, 0.5) is 0 Å². The second-order valence-corrected chi connectivity index (χ2v) is 7.06. The average Bonchev–Trinajstić information content (AvgIpc) is 3.02. The van der Waals surface area contributed by atoms with E-state index in [0.29, 0.717) is 11.6 Å². The molecule has 1 aromatic heterocycles. The summed E-state index contributed by atoms with van der Waals surface area (Å²) in [5.74, 6) is -0.201. The Morgan fingerprint density at radius 1 is 1.15 bits per heavy atom. The Labute approximate surface area is 154 Å². The van der Waals surface area contributed by atoms with Crippen LogP contribution in [0.5, 0.6) is 0 Å². The molecule has 140 valence electrons. The Bertz CT molecular complexity index is 723. The van der Waals surface area contributed by atoms with Gasteiger partial charge in [0.05, 0.1) is 18.6 Å². The van der Waals surface area contributed by atoms with E-state index in [4.69, 9.17) is 4.74 Å². The van der Waals surface area contributed by atoms with E-state index in [0.717, 1.165) is 17.7 Å². The topological polar surface area (TPSA) is 84.1 Å². The third kappa shape index (κ3) is 6.02. The smallest absolute Gasteiger partial charge is 0.308 e. The molecule has 0 radical (unpaired) electrons. The molecule has 0 saturated carbocycles. The zero-order valence-electron chi connectivity index (χ0n) is 15.8. The van der Waals surface area contributed by atoms with Gasteiger partial charge in [0.25, 0.3) is 5.91 Å². The number of nitrogens with one attached hydrogen (secondary N) is 2. The molecule has 2 N–H and O–H groups in total. The van der Waals surface area contributed by atoms with Gasteiger partial charge in [-0.1, -0.05) is 44.2 Å². The summed E-state index contributed by atoms with van der Waals surface area (Å²) in [6, 6.07) is 10.7. The minimum atomic E-state index is -0.472. The molecular weight excluding hydrogens is 330 g/mol. The maximum absolute atomic E-state index is 12.6. The average molecular weight is 357 g/mol. The third-order valence-electron chi connectivity index (χ3n) is 3.74. The molecule has 2 rings (SSSR count). The van der Waals surface area contributed by atoms with E-state index in [1.165, 1.54) is 0 Å². The number of aromatic nitrogens is 2. The Morgan fingerprint density at radius 2 is 1.85 bits per heavy atom. The number of aromatic amines is 1. The standard InChI is InChI=1S/C20H27N3O3/c1-13(2)10-16-11-18(23-22-16)20(25)21-17(12-19(24)26-14(3)4)15-8-6-5-7-9-15/h5-9,11,13-14,17H,10,12H2,1-4H3,(H,21,25)(H,22,23). The lowest BCUT2D eigenvalue weighted by atomic mass is 10.0. The first-order valence-electron chi connectivity index (χ1n) is 8.94. The molecule has 2 aromatic rings. The van der Waals surface area contributed by atoms with Gasteiger partial charge < -0.3 is 10.1 Å². The van der Waals surface area contributed by atoms with Crippen molar-refractivity contribution in [2.45, 2.75) is 52.7 Å². The highest BCUT2D eigenvalue weighted by Gasteiger charge is 2.22. The molecule has 6 heteroatoms. The number of hydrogen-bond acceptors (Lipinski definition) is 4. The Morgan fingerprint density at radius 3 is 2.46 bits per heavy atom. The van der Waals surface area contributed by atoms with Gasteiger partial charge in [0.15, 0.2) is 0 Å². The molecular formula is C20H27N3O3. The van der Waals surface area contributed by atoms with Gasteiger partial charge in [0, 0.05) is 5.69 Å². The molecule has 26 heavy (non-hydrogen) atoms. The molecule has 1 aromatic carbocycles. The third-order valence-corrected chi connectivity index (χ3v) is 3.74. The van der Waals surface area contributed by atoms with Crippen LogP contribution in [0.25, 0.3) is 0 Å². The van der Waals surface area contributed by atoms with Crippen LogP contribution < -0.4 is 5.32 Å². The summed E-state index contributed by atoms with van der Waals surface area (Å²) in [5, 5.41) is 9.88. The highest BCUT2D eigenvalue weighted by molar-refractivity contribution is 5.93. The van der Waals surface area contributed by atoms with Crippen molar-refractivity contribution >= 4 is 11.9 Å². The van der Waals surface area contributed by atoms with Crippen LogP contribution in [0.3, 0.4) is 0 Å². The van der Waals surface area contributed by atoms with Crippen molar-refractivity contribution < 1.29 is 14.3 Å². The van der Waals surface area contributed by atoms with Gasteiger partial charge in [-0.2, -0.15) is 5.10 Å². The van der Waals surface area contributed by atoms with Crippen LogP contribution in [-0.2, 0) is 16.0 Å². The van der Waals surface area contributed by atoms with Crippen molar-refractivity contribution in [3.05, 3.63) is 53.3 Å². The maximum Gasteiger partial charge on any atom is 0.308 e. The number of carbonyl (C=O) groups excluding carboxylic acids is 2. The SMILES string of the molecule is CC(C)Cc1cc(C(=O)NC(CC(=O)OC(C)C)c2ccccc2)n[nH]1. The van der Waals surface area contributed by atoms with Crippen molar-refractivity contribution in [3.63, 3.8) is 0 Å². The minimum absolute atomic E-state index is 0.0667. The van der Waals surface area contributed by atoms with Crippen LogP contribution in [0.15, 0.2) is 36.4 Å². The van der Waals surface area contributed by atoms with E-state index in [1.807, 2.05) is 30.3 Å². The Balaban J connectivity index is 2.11. The second-order valence-electron chi connectivity index (χ2n) is 7.06. The number of H-pyrrole nitrogens is 1. The van der Waals surface area contributed by atoms with E-state index in [9.17, 15) is 9.59 Å². The number of carbonyl (C=O) groups is 2. The molecule has 0 spiro atoms. The molecule has 1 unspecified atom stereocenters. The molecule has 1 atom stereocenters. The fourth-order valence-electron chi connectivity index (χ4n) is 2.67. The molecule has 0 aliphatic carbocycles. The summed E-state index contributed by atoms with van der Waals surface area (Å²) >= 11 is 0. The van der Waals surface area contributed by atoms with Crippen molar-refractivity contribution in [2.24, 2.45) is 5.92 Å². The maximum atomic E-state index is 12.6. The summed E-state index contributed by atoms with van der Waals surface area (Å²) in [6.45, 7) is 7.81. The molecule has 1 heterocycles. The monoisotopic (exact) mass is 357 g/mol. The highest BCUT2D eigenvalue weighted by Crippen LogP contribution is 2.18. The lowest BCUT2D eigenvalue weighted by molar-refractivity contribution is -0.147. The molecule has 1 amide bonds. The first kappa shape index (κ1) is 19.7. The molecule has 0 fully saturated rings. The van der Waals surface area contributed by atoms with Crippen molar-refractivity contribution in [1.82, 2.24) is 15.5 Å². The van der Waals surface area contributed by atoms with Gasteiger partial charge in [-0.25, -0.2) is 0 Å². The largest absolute Gasteiger partial charge is 0.463 e. The number of nitrogens with zero attached hydrogens (tertiary/aromatic N) is 1. The number of ether oxygens (including phenoxy) is 1. The predicted octanol–water partition coefficient (Wildman–Crippen LogP) is 3.42. The van der Waals surface area contributed by atoms with Crippen LogP contribution >= 0.6 is 0 Å². The number of amides is 1. The summed E-state index contributed by atoms with van der Waals surface area (Å²) in [7, 11) is 0. The molecule has 0 bridgehead atoms. The van der Waals surface area contributed by atoms with Gasteiger partial charge >= 0.3 is 5.97 Å². The van der Waals surface area contributed by atoms with Crippen molar-refractivity contribution in [1.29, 1.82) is 0 Å². The van der Waals surface area contributed by atoms with Gasteiger partial charge in [0.1, 0.15) is 5.69 Å². The quantitative estimate of drug-likeness (QED) is 0.709. The number of rotatable bonds is 8. The van der Waals surface area contributed by atoms with E-state index in [1.54, 1.807) is 19.9 Å². The van der Waals surface area contributed by atoms with Crippen LogP contribution in [0.1, 0.15) is 61.9 Å². The van der Waals surface area contributed by atoms with E-state index < -0.39 is 6.04 Å². The van der Waals surface area contributed by atoms with Crippen molar-refractivity contribution in [3.8, 4) is 0 Å². The fourth-order valence-corrected chi connectivity index (χ4v) is 2.67. The second kappa shape index (κ2) is 9.17. The summed E-state index contributed by atoms with van der Waals surface area (Å²) in [4.78, 5) is 24.7. The summed E-state index contributed by atoms with van der Waals surface area (Å²) in [6.07, 6.45) is 0.694. The zero-order chi connectivity index (χ0) is 19.1. The minimum Gasteiger partial charge on any atom is -0.463 e. The van der Waals surface area contributed by atoms with E-state index in [2.05, 4.69) is 29.4 Å². The number of benzene rings is 1. The first-order chi connectivity index (χ1) is 12.3. The number of hydrogen-bond donors (Lipinski definition) is 2. The molecule has 6 nitrogen and oxygen atoms in total. The molecule has 0 saturated heterocycles. The first-order valence-corrected chi connectivity index (χ1v) is 8.94. The Hall–Kier alpha value is -2.63. The highest BCUT2D eigenvalue weighted by atomic mass is 16.5. The molecule has 0 aliphatic heterocycles. The van der Waals surface area contributed by atoms with E-state index in [-0.39, 0.29) is 24.4 Å². The number of esters is 1. The molecule has 0 aliphatic rings. The normalized spacial score (nSPS) is 12.2. The Kier molecular flexibility index (Phi) is 6.95. The lowest BCUT2D eigenvalue weighted by Gasteiger charge is -2.19. The van der Waals surface area contributed by atoms with Crippen LogP contribution in [0.2, 0.25) is 0 Å². The van der Waals surface area contributed by atoms with Crippen LogP contribution in [0, 0.1) is 5.92 Å². The summed E-state index contributed by atoms with van der Waals surface area (Å²) < 4.78 is 5.23. The summed E-state index contributed by atoms with van der Waals surface area (Å²) in [5.41, 5.74) is 2.08. The van der Waals surface area contributed by atoms with E-state index >= 15 is 0 Å². The van der Waals surface area contributed by atoms with Gasteiger partial charge in [0.2, 0.25) is 0 Å². The van der Waals surface area contributed by atoms with Crippen molar-refractivity contribution in [2.75, 3.05) is 0 Å². The van der Waals surface area contributed by atoms with Crippen LogP contribution in [-0.4, -0.2) is 28.2 Å². The lowest BCUT2D eigenvalue weighted by Crippen LogP contribution is -2.31. The van der Waals surface area contributed by atoms with Gasteiger partial charge in [-0.05, 0) is 37.8 Å². The zero-order valence-corrected chi connectivity index (χ0v) is 15.8. The predicted molar refractivity (Wildman–Crippen MR) is 99.6 cm³/mol. The fraction of sp³-hybridized carbons (Fsp3) is 0.450. The van der Waals surface area contributed by atoms with Gasteiger partial charge in [-0.15, -0.1) is 0 Å².